The lowest BCUT2D eigenvalue weighted by molar-refractivity contribution is 0.771. The summed E-state index contributed by atoms with van der Waals surface area (Å²) in [5, 5.41) is 0. The molecule has 3 nitrogen and oxygen atoms in total. The van der Waals surface area contributed by atoms with E-state index >= 15 is 0 Å². The van der Waals surface area contributed by atoms with Crippen LogP contribution in [0.3, 0.4) is 0 Å². The first kappa shape index (κ1) is 9.77. The fraction of sp³-hybridized carbons (Fsp3) is 0.250. The van der Waals surface area contributed by atoms with Crippen molar-refractivity contribution in [3.63, 3.8) is 0 Å². The van der Waals surface area contributed by atoms with E-state index in [4.69, 9.17) is 5.73 Å². The first-order valence-electron chi connectivity index (χ1n) is 5.10. The molecule has 0 radical (unpaired) electrons. The number of nitrogen functional groups attached to an aromatic ring is 1. The fourth-order valence-electron chi connectivity index (χ4n) is 1.64. The number of rotatable bonds is 2. The lowest BCUT2D eigenvalue weighted by atomic mass is 10.1. The summed E-state index contributed by atoms with van der Waals surface area (Å²) in [5.74, 6) is 1.00. The molecule has 3 heteroatoms. The van der Waals surface area contributed by atoms with Crippen molar-refractivity contribution in [2.45, 2.75) is 20.4 Å². The van der Waals surface area contributed by atoms with E-state index in [0.29, 0.717) is 0 Å². The van der Waals surface area contributed by atoms with Gasteiger partial charge in [0.1, 0.15) is 5.82 Å². The zero-order valence-corrected chi connectivity index (χ0v) is 9.07. The van der Waals surface area contributed by atoms with Crippen molar-refractivity contribution < 1.29 is 0 Å². The van der Waals surface area contributed by atoms with Gasteiger partial charge in [-0.25, -0.2) is 4.98 Å². The summed E-state index contributed by atoms with van der Waals surface area (Å²) in [5.41, 5.74) is 8.83. The normalized spacial score (nSPS) is 10.5. The van der Waals surface area contributed by atoms with Gasteiger partial charge >= 0.3 is 0 Å². The smallest absolute Gasteiger partial charge is 0.139 e. The third-order valence-corrected chi connectivity index (χ3v) is 2.58. The molecule has 0 atom stereocenters. The highest BCUT2D eigenvalue weighted by Gasteiger charge is 2.05. The van der Waals surface area contributed by atoms with Crippen LogP contribution < -0.4 is 5.73 Å². The zero-order valence-electron chi connectivity index (χ0n) is 9.07. The summed E-state index contributed by atoms with van der Waals surface area (Å²) in [4.78, 5) is 4.35. The fourth-order valence-corrected chi connectivity index (χ4v) is 1.64. The van der Waals surface area contributed by atoms with Crippen LogP contribution in [-0.2, 0) is 6.54 Å². The second kappa shape index (κ2) is 3.77. The third kappa shape index (κ3) is 1.73. The maximum Gasteiger partial charge on any atom is 0.139 e. The lowest BCUT2D eigenvalue weighted by Crippen LogP contribution is -1.97. The molecule has 0 fully saturated rings. The Bertz CT molecular complexity index is 471. The van der Waals surface area contributed by atoms with Crippen LogP contribution in [0.4, 0.5) is 5.69 Å². The van der Waals surface area contributed by atoms with Gasteiger partial charge in [0.2, 0.25) is 0 Å². The SMILES string of the molecule is CCn1ccnc1-c1ccc(N)c(C)c1. The molecule has 2 N–H and O–H groups in total. The molecule has 78 valence electrons. The highest BCUT2D eigenvalue weighted by Crippen LogP contribution is 2.21. The van der Waals surface area contributed by atoms with E-state index in [1.54, 1.807) is 0 Å². The first-order chi connectivity index (χ1) is 7.22. The van der Waals surface area contributed by atoms with Crippen LogP contribution in [0.1, 0.15) is 12.5 Å². The molecule has 0 aliphatic carbocycles. The Hall–Kier alpha value is -1.77. The van der Waals surface area contributed by atoms with E-state index in [-0.39, 0.29) is 0 Å². The van der Waals surface area contributed by atoms with Gasteiger partial charge < -0.3 is 10.3 Å². The van der Waals surface area contributed by atoms with Crippen molar-refractivity contribution >= 4 is 5.69 Å². The summed E-state index contributed by atoms with van der Waals surface area (Å²) >= 11 is 0. The molecular formula is C12H15N3. The third-order valence-electron chi connectivity index (χ3n) is 2.58. The quantitative estimate of drug-likeness (QED) is 0.758. The van der Waals surface area contributed by atoms with Gasteiger partial charge in [-0.3, -0.25) is 0 Å². The molecule has 1 aromatic carbocycles. The number of nitrogens with two attached hydrogens (primary N) is 1. The standard InChI is InChI=1S/C12H15N3/c1-3-15-7-6-14-12(15)10-4-5-11(13)9(2)8-10/h4-8H,3,13H2,1-2H3. The highest BCUT2D eigenvalue weighted by atomic mass is 15.1. The summed E-state index contributed by atoms with van der Waals surface area (Å²) in [6, 6.07) is 6.01. The van der Waals surface area contributed by atoms with Crippen LogP contribution in [0, 0.1) is 6.92 Å². The average Bonchev–Trinajstić information content (AvgIpc) is 2.70. The molecule has 0 unspecified atom stereocenters. The number of hydrogen-bond donors (Lipinski definition) is 1. The van der Waals surface area contributed by atoms with Gasteiger partial charge in [-0.2, -0.15) is 0 Å². The van der Waals surface area contributed by atoms with Crippen LogP contribution in [-0.4, -0.2) is 9.55 Å². The Morgan fingerprint density at radius 1 is 1.40 bits per heavy atom. The van der Waals surface area contributed by atoms with Crippen molar-refractivity contribution in [1.82, 2.24) is 9.55 Å². The minimum absolute atomic E-state index is 0.827. The number of anilines is 1. The predicted molar refractivity (Wildman–Crippen MR) is 62.5 cm³/mol. The lowest BCUT2D eigenvalue weighted by Gasteiger charge is -2.06. The van der Waals surface area contributed by atoms with Gasteiger partial charge in [-0.05, 0) is 37.6 Å². The second-order valence-corrected chi connectivity index (χ2v) is 3.61. The van der Waals surface area contributed by atoms with Crippen molar-refractivity contribution in [1.29, 1.82) is 0 Å². The Morgan fingerprint density at radius 2 is 2.20 bits per heavy atom. The number of aromatic nitrogens is 2. The molecule has 2 rings (SSSR count). The molecule has 0 saturated carbocycles. The molecule has 1 aromatic heterocycles. The Kier molecular flexibility index (Phi) is 2.46. The number of aryl methyl sites for hydroxylation is 2. The maximum atomic E-state index is 5.79. The predicted octanol–water partition coefficient (Wildman–Crippen LogP) is 2.46. The van der Waals surface area contributed by atoms with Crippen molar-refractivity contribution in [3.05, 3.63) is 36.2 Å². The van der Waals surface area contributed by atoms with E-state index in [0.717, 1.165) is 29.2 Å². The molecule has 0 spiro atoms. The Balaban J connectivity index is 2.50. The van der Waals surface area contributed by atoms with Crippen LogP contribution >= 0.6 is 0 Å². The molecule has 0 amide bonds. The zero-order chi connectivity index (χ0) is 10.8. The molecular weight excluding hydrogens is 186 g/mol. The molecule has 0 bridgehead atoms. The molecule has 0 aliphatic heterocycles. The maximum absolute atomic E-state index is 5.79. The summed E-state index contributed by atoms with van der Waals surface area (Å²) in [6.07, 6.45) is 3.81. The Morgan fingerprint density at radius 3 is 2.87 bits per heavy atom. The van der Waals surface area contributed by atoms with Crippen molar-refractivity contribution in [2.24, 2.45) is 0 Å². The van der Waals surface area contributed by atoms with Crippen molar-refractivity contribution in [3.8, 4) is 11.4 Å². The van der Waals surface area contributed by atoms with E-state index < -0.39 is 0 Å². The van der Waals surface area contributed by atoms with Gasteiger partial charge in [-0.1, -0.05) is 0 Å². The monoisotopic (exact) mass is 201 g/mol. The van der Waals surface area contributed by atoms with Gasteiger partial charge in [0.05, 0.1) is 0 Å². The van der Waals surface area contributed by atoms with Crippen LogP contribution in [0.15, 0.2) is 30.6 Å². The largest absolute Gasteiger partial charge is 0.399 e. The van der Waals surface area contributed by atoms with Crippen LogP contribution in [0.25, 0.3) is 11.4 Å². The minimum Gasteiger partial charge on any atom is -0.399 e. The second-order valence-electron chi connectivity index (χ2n) is 3.61. The number of benzene rings is 1. The number of hydrogen-bond acceptors (Lipinski definition) is 2. The van der Waals surface area contributed by atoms with E-state index in [1.165, 1.54) is 0 Å². The summed E-state index contributed by atoms with van der Waals surface area (Å²) in [7, 11) is 0. The van der Waals surface area contributed by atoms with Gasteiger partial charge in [-0.15, -0.1) is 0 Å². The van der Waals surface area contributed by atoms with Gasteiger partial charge in [0.25, 0.3) is 0 Å². The number of nitrogens with zero attached hydrogens (tertiary/aromatic N) is 2. The topological polar surface area (TPSA) is 43.8 Å². The Labute approximate surface area is 89.6 Å². The van der Waals surface area contributed by atoms with Crippen LogP contribution in [0.5, 0.6) is 0 Å². The highest BCUT2D eigenvalue weighted by molar-refractivity contribution is 5.62. The summed E-state index contributed by atoms with van der Waals surface area (Å²) in [6.45, 7) is 5.05. The number of imidazole rings is 1. The van der Waals surface area contributed by atoms with Crippen molar-refractivity contribution in [2.75, 3.05) is 5.73 Å². The molecule has 15 heavy (non-hydrogen) atoms. The molecule has 1 heterocycles. The minimum atomic E-state index is 0.827. The first-order valence-corrected chi connectivity index (χ1v) is 5.10. The molecule has 0 saturated heterocycles. The summed E-state index contributed by atoms with van der Waals surface area (Å²) < 4.78 is 2.12. The molecule has 0 aliphatic rings. The van der Waals surface area contributed by atoms with Gasteiger partial charge in [0.15, 0.2) is 0 Å². The van der Waals surface area contributed by atoms with E-state index in [1.807, 2.05) is 31.5 Å². The van der Waals surface area contributed by atoms with Crippen LogP contribution in [0.2, 0.25) is 0 Å². The average molecular weight is 201 g/mol. The van der Waals surface area contributed by atoms with E-state index in [9.17, 15) is 0 Å². The van der Waals surface area contributed by atoms with E-state index in [2.05, 4.69) is 22.5 Å². The van der Waals surface area contributed by atoms with Gasteiger partial charge in [0, 0.05) is 30.2 Å². The molecule has 2 aromatic rings.